The lowest BCUT2D eigenvalue weighted by Gasteiger charge is -2.35. The number of benzene rings is 1. The van der Waals surface area contributed by atoms with Crippen LogP contribution in [-0.4, -0.2) is 25.5 Å². The Morgan fingerprint density at radius 2 is 2.00 bits per heavy atom. The monoisotopic (exact) mass is 319 g/mol. The fourth-order valence-corrected chi connectivity index (χ4v) is 3.94. The second kappa shape index (κ2) is 6.39. The summed E-state index contributed by atoms with van der Waals surface area (Å²) in [7, 11) is 0. The first-order chi connectivity index (χ1) is 10.6. The van der Waals surface area contributed by atoms with E-state index < -0.39 is 5.60 Å². The molecule has 4 nitrogen and oxygen atoms in total. The molecule has 1 N–H and O–H groups in total. The van der Waals surface area contributed by atoms with Gasteiger partial charge in [-0.2, -0.15) is 5.10 Å². The topological polar surface area (TPSA) is 50.9 Å². The normalized spacial score (nSPS) is 28.1. The Kier molecular flexibility index (Phi) is 4.50. The number of rotatable bonds is 5. The number of aliphatic hydroxyl groups is 1. The van der Waals surface area contributed by atoms with Crippen molar-refractivity contribution < 1.29 is 5.11 Å². The molecular formula is C17H22ClN3O. The summed E-state index contributed by atoms with van der Waals surface area (Å²) in [5, 5.41) is 16.3. The first-order valence-corrected chi connectivity index (χ1v) is 8.29. The van der Waals surface area contributed by atoms with Crippen LogP contribution in [0.4, 0.5) is 0 Å². The Bertz CT molecular complexity index is 599. The summed E-state index contributed by atoms with van der Waals surface area (Å²) in [4.78, 5) is 3.99. The van der Waals surface area contributed by atoms with Gasteiger partial charge in [0.25, 0.3) is 0 Å². The van der Waals surface area contributed by atoms with Crippen molar-refractivity contribution in [3.05, 3.63) is 47.5 Å². The molecule has 1 aromatic carbocycles. The molecule has 1 heterocycles. The smallest absolute Gasteiger partial charge is 0.137 e. The quantitative estimate of drug-likeness (QED) is 0.919. The van der Waals surface area contributed by atoms with Crippen LogP contribution in [0.2, 0.25) is 5.02 Å². The van der Waals surface area contributed by atoms with E-state index in [9.17, 15) is 5.11 Å². The van der Waals surface area contributed by atoms with Gasteiger partial charge in [-0.15, -0.1) is 0 Å². The molecule has 1 aliphatic rings. The van der Waals surface area contributed by atoms with E-state index in [1.165, 1.54) is 11.9 Å². The molecule has 0 amide bonds. The number of hydrogen-bond acceptors (Lipinski definition) is 3. The van der Waals surface area contributed by atoms with Gasteiger partial charge in [-0.1, -0.05) is 37.1 Å². The third-order valence-corrected chi connectivity index (χ3v) is 5.30. The highest BCUT2D eigenvalue weighted by Gasteiger charge is 2.48. The van der Waals surface area contributed by atoms with Crippen LogP contribution >= 0.6 is 11.6 Å². The third kappa shape index (κ3) is 3.03. The van der Waals surface area contributed by atoms with E-state index in [4.69, 9.17) is 11.6 Å². The molecule has 2 aromatic rings. The summed E-state index contributed by atoms with van der Waals surface area (Å²) < 4.78 is 1.75. The van der Waals surface area contributed by atoms with Crippen LogP contribution in [0.3, 0.4) is 0 Å². The molecule has 1 saturated carbocycles. The van der Waals surface area contributed by atoms with Crippen LogP contribution in [-0.2, 0) is 13.0 Å². The number of nitrogens with zero attached hydrogens (tertiary/aromatic N) is 3. The lowest BCUT2D eigenvalue weighted by molar-refractivity contribution is -0.0545. The van der Waals surface area contributed by atoms with Crippen LogP contribution in [0.15, 0.2) is 36.9 Å². The van der Waals surface area contributed by atoms with Crippen LogP contribution in [0.5, 0.6) is 0 Å². The maximum absolute atomic E-state index is 11.4. The summed E-state index contributed by atoms with van der Waals surface area (Å²) in [6.45, 7) is 2.67. The second-order valence-corrected chi connectivity index (χ2v) is 6.73. The van der Waals surface area contributed by atoms with Crippen LogP contribution in [0.25, 0.3) is 0 Å². The maximum atomic E-state index is 11.4. The molecule has 0 aliphatic heterocycles. The highest BCUT2D eigenvalue weighted by atomic mass is 35.5. The minimum Gasteiger partial charge on any atom is -0.387 e. The van der Waals surface area contributed by atoms with Crippen LogP contribution in [0.1, 0.15) is 31.7 Å². The maximum Gasteiger partial charge on any atom is 0.137 e. The van der Waals surface area contributed by atoms with E-state index in [1.54, 1.807) is 11.0 Å². The number of aromatic nitrogens is 3. The summed E-state index contributed by atoms with van der Waals surface area (Å²) in [5.74, 6) is 0.553. The molecule has 0 radical (unpaired) electrons. The van der Waals surface area contributed by atoms with E-state index >= 15 is 0 Å². The highest BCUT2D eigenvalue weighted by molar-refractivity contribution is 6.30. The van der Waals surface area contributed by atoms with Gasteiger partial charge in [-0.3, -0.25) is 4.68 Å². The Labute approximate surface area is 136 Å². The lowest BCUT2D eigenvalue weighted by Crippen LogP contribution is -2.44. The van der Waals surface area contributed by atoms with E-state index in [0.29, 0.717) is 12.5 Å². The van der Waals surface area contributed by atoms with Crippen molar-refractivity contribution in [2.45, 2.75) is 44.8 Å². The standard InChI is InChI=1S/C17H22ClN3O/c1-2-14-5-6-15(9-13-3-7-16(18)8-4-13)17(14,22)10-21-12-19-11-20-21/h3-4,7-8,11-12,14-15,22H,2,5-6,9-10H2,1H3/t14-,15-,17-/m1/s1. The summed E-state index contributed by atoms with van der Waals surface area (Å²) >= 11 is 5.96. The summed E-state index contributed by atoms with van der Waals surface area (Å²) in [6.07, 6.45) is 7.18. The second-order valence-electron chi connectivity index (χ2n) is 6.29. The first-order valence-electron chi connectivity index (χ1n) is 7.91. The molecule has 22 heavy (non-hydrogen) atoms. The zero-order chi connectivity index (χ0) is 15.6. The van der Waals surface area contributed by atoms with Crippen molar-refractivity contribution in [1.29, 1.82) is 0 Å². The fourth-order valence-electron chi connectivity index (χ4n) is 3.81. The SMILES string of the molecule is CC[C@@H]1CC[C@H](Cc2ccc(Cl)cc2)[C@@]1(O)Cn1cncn1. The Morgan fingerprint density at radius 1 is 1.27 bits per heavy atom. The van der Waals surface area contributed by atoms with Crippen molar-refractivity contribution in [3.63, 3.8) is 0 Å². The molecule has 1 fully saturated rings. The number of hydrogen-bond donors (Lipinski definition) is 1. The van der Waals surface area contributed by atoms with E-state index in [1.807, 2.05) is 12.1 Å². The molecule has 118 valence electrons. The van der Waals surface area contributed by atoms with E-state index in [-0.39, 0.29) is 5.92 Å². The minimum absolute atomic E-state index is 0.239. The van der Waals surface area contributed by atoms with Crippen molar-refractivity contribution in [1.82, 2.24) is 14.8 Å². The predicted molar refractivity (Wildman–Crippen MR) is 86.6 cm³/mol. The molecule has 1 aliphatic carbocycles. The van der Waals surface area contributed by atoms with Crippen molar-refractivity contribution in [3.8, 4) is 0 Å². The molecular weight excluding hydrogens is 298 g/mol. The van der Waals surface area contributed by atoms with Gasteiger partial charge in [0.15, 0.2) is 0 Å². The van der Waals surface area contributed by atoms with Crippen LogP contribution < -0.4 is 0 Å². The van der Waals surface area contributed by atoms with Gasteiger partial charge < -0.3 is 5.11 Å². The van der Waals surface area contributed by atoms with Gasteiger partial charge in [0.2, 0.25) is 0 Å². The van der Waals surface area contributed by atoms with Gasteiger partial charge in [0.1, 0.15) is 12.7 Å². The average Bonchev–Trinajstić information content (AvgIpc) is 3.11. The zero-order valence-electron chi connectivity index (χ0n) is 12.8. The first kappa shape index (κ1) is 15.5. The predicted octanol–water partition coefficient (Wildman–Crippen LogP) is 3.34. The highest BCUT2D eigenvalue weighted by Crippen LogP contribution is 2.45. The summed E-state index contributed by atoms with van der Waals surface area (Å²) in [6, 6.07) is 7.94. The Morgan fingerprint density at radius 3 is 2.64 bits per heavy atom. The molecule has 1 aromatic heterocycles. The molecule has 3 atom stereocenters. The van der Waals surface area contributed by atoms with Gasteiger partial charge in [-0.05, 0) is 48.8 Å². The average molecular weight is 320 g/mol. The fraction of sp³-hybridized carbons (Fsp3) is 0.529. The molecule has 0 saturated heterocycles. The van der Waals surface area contributed by atoms with Gasteiger partial charge >= 0.3 is 0 Å². The lowest BCUT2D eigenvalue weighted by atomic mass is 9.80. The Hall–Kier alpha value is -1.39. The van der Waals surface area contributed by atoms with Gasteiger partial charge in [0, 0.05) is 5.02 Å². The number of halogens is 1. The molecule has 0 unspecified atom stereocenters. The molecule has 0 spiro atoms. The van der Waals surface area contributed by atoms with Crippen molar-refractivity contribution >= 4 is 11.6 Å². The largest absolute Gasteiger partial charge is 0.387 e. The van der Waals surface area contributed by atoms with Gasteiger partial charge in [0.05, 0.1) is 12.1 Å². The molecule has 3 rings (SSSR count). The zero-order valence-corrected chi connectivity index (χ0v) is 13.6. The molecule has 5 heteroatoms. The van der Waals surface area contributed by atoms with E-state index in [0.717, 1.165) is 30.7 Å². The van der Waals surface area contributed by atoms with Gasteiger partial charge in [-0.25, -0.2) is 4.98 Å². The van der Waals surface area contributed by atoms with Crippen molar-refractivity contribution in [2.75, 3.05) is 0 Å². The van der Waals surface area contributed by atoms with E-state index in [2.05, 4.69) is 29.1 Å². The van der Waals surface area contributed by atoms with Crippen molar-refractivity contribution in [2.24, 2.45) is 11.8 Å². The Balaban J connectivity index is 1.80. The third-order valence-electron chi connectivity index (χ3n) is 5.05. The summed E-state index contributed by atoms with van der Waals surface area (Å²) in [5.41, 5.74) is 0.505. The molecule has 0 bridgehead atoms. The van der Waals surface area contributed by atoms with Crippen LogP contribution in [0, 0.1) is 11.8 Å². The minimum atomic E-state index is -0.720.